The summed E-state index contributed by atoms with van der Waals surface area (Å²) in [5, 5.41) is 8.72. The number of fused-ring (bicyclic) bond motifs is 1. The zero-order valence-corrected chi connectivity index (χ0v) is 11.7. The van der Waals surface area contributed by atoms with Crippen molar-refractivity contribution in [3.63, 3.8) is 0 Å². The molecule has 0 aliphatic heterocycles. The van der Waals surface area contributed by atoms with Crippen LogP contribution in [0.15, 0.2) is 40.1 Å². The molecule has 0 radical (unpaired) electrons. The van der Waals surface area contributed by atoms with Crippen LogP contribution >= 0.6 is 0 Å². The SMILES string of the molecule is O=C(O)c1ccc2c(S(=O)(=O)O)cc(S(=O)(=O)O)cc2c1.[NaH]. The molecule has 0 aromatic heterocycles. The third kappa shape index (κ3) is 3.84. The third-order valence-corrected chi connectivity index (χ3v) is 4.44. The van der Waals surface area contributed by atoms with Crippen molar-refractivity contribution in [2.75, 3.05) is 0 Å². The number of carboxylic acids is 1. The van der Waals surface area contributed by atoms with Crippen LogP contribution in [0.5, 0.6) is 0 Å². The monoisotopic (exact) mass is 356 g/mol. The van der Waals surface area contributed by atoms with Crippen molar-refractivity contribution in [2.45, 2.75) is 9.79 Å². The molecule has 2 aromatic rings. The molecule has 0 bridgehead atoms. The second kappa shape index (κ2) is 6.24. The van der Waals surface area contributed by atoms with Crippen molar-refractivity contribution in [1.82, 2.24) is 0 Å². The van der Waals surface area contributed by atoms with Crippen LogP contribution in [0.4, 0.5) is 0 Å². The van der Waals surface area contributed by atoms with E-state index in [1.165, 1.54) is 0 Å². The molecule has 3 N–H and O–H groups in total. The summed E-state index contributed by atoms with van der Waals surface area (Å²) in [7, 11) is -9.50. The molecule has 0 fully saturated rings. The van der Waals surface area contributed by atoms with Crippen molar-refractivity contribution >= 4 is 66.5 Å². The molecule has 0 aliphatic carbocycles. The van der Waals surface area contributed by atoms with E-state index in [9.17, 15) is 21.6 Å². The number of aromatic carboxylic acids is 1. The molecule has 0 unspecified atom stereocenters. The van der Waals surface area contributed by atoms with Gasteiger partial charge in [0.25, 0.3) is 20.2 Å². The molecule has 0 atom stereocenters. The van der Waals surface area contributed by atoms with E-state index in [0.29, 0.717) is 6.07 Å². The van der Waals surface area contributed by atoms with Crippen molar-refractivity contribution in [1.29, 1.82) is 0 Å². The molecule has 0 spiro atoms. The molecular weight excluding hydrogens is 347 g/mol. The van der Waals surface area contributed by atoms with Crippen LogP contribution in [-0.4, -0.2) is 66.6 Å². The fourth-order valence-corrected chi connectivity index (χ4v) is 3.16. The Kier molecular flexibility index (Phi) is 5.40. The summed E-state index contributed by atoms with van der Waals surface area (Å²) in [4.78, 5) is 9.35. The molecule has 2 rings (SSSR count). The van der Waals surface area contributed by atoms with Crippen molar-refractivity contribution in [2.24, 2.45) is 0 Å². The number of carboxylic acid groups (broad SMARTS) is 1. The van der Waals surface area contributed by atoms with E-state index in [2.05, 4.69) is 0 Å². The minimum absolute atomic E-state index is 0. The Morgan fingerprint density at radius 2 is 1.50 bits per heavy atom. The van der Waals surface area contributed by atoms with Gasteiger partial charge in [0.1, 0.15) is 4.90 Å². The van der Waals surface area contributed by atoms with Crippen LogP contribution in [0.1, 0.15) is 10.4 Å². The van der Waals surface area contributed by atoms with Gasteiger partial charge in [-0.25, -0.2) is 4.79 Å². The first-order chi connectivity index (χ1) is 9.50. The fraction of sp³-hybridized carbons (Fsp3) is 0. The second-order valence-corrected chi connectivity index (χ2v) is 6.92. The fourth-order valence-electron chi connectivity index (χ4n) is 1.80. The van der Waals surface area contributed by atoms with Gasteiger partial charge in [-0.15, -0.1) is 0 Å². The Labute approximate surface area is 147 Å². The van der Waals surface area contributed by atoms with E-state index in [1.807, 2.05) is 0 Å². The van der Waals surface area contributed by atoms with E-state index >= 15 is 0 Å². The summed E-state index contributed by atoms with van der Waals surface area (Å²) in [6, 6.07) is 4.75. The van der Waals surface area contributed by atoms with Gasteiger partial charge in [0.15, 0.2) is 0 Å². The normalized spacial score (nSPS) is 11.9. The van der Waals surface area contributed by atoms with Crippen LogP contribution in [0.2, 0.25) is 0 Å². The van der Waals surface area contributed by atoms with Crippen LogP contribution in [0.25, 0.3) is 10.8 Å². The third-order valence-electron chi connectivity index (χ3n) is 2.71. The number of carbonyl (C=O) groups is 1. The molecular formula is C11H9NaO8S2. The van der Waals surface area contributed by atoms with Gasteiger partial charge in [-0.3, -0.25) is 9.11 Å². The van der Waals surface area contributed by atoms with Crippen LogP contribution in [0, 0.1) is 0 Å². The zero-order chi connectivity index (χ0) is 16.0. The Bertz CT molecular complexity index is 963. The number of benzene rings is 2. The van der Waals surface area contributed by atoms with Gasteiger partial charge in [0.05, 0.1) is 10.5 Å². The Morgan fingerprint density at radius 3 is 1.95 bits per heavy atom. The zero-order valence-electron chi connectivity index (χ0n) is 10.1. The summed E-state index contributed by atoms with van der Waals surface area (Å²) in [6.07, 6.45) is 0. The van der Waals surface area contributed by atoms with Crippen molar-refractivity contribution in [3.8, 4) is 0 Å². The predicted molar refractivity (Wildman–Crippen MR) is 77.7 cm³/mol. The Balaban J connectivity index is 0.00000242. The molecule has 0 heterocycles. The first-order valence-electron chi connectivity index (χ1n) is 5.26. The molecule has 0 aliphatic rings. The van der Waals surface area contributed by atoms with Crippen LogP contribution in [0.3, 0.4) is 0 Å². The van der Waals surface area contributed by atoms with Gasteiger partial charge in [-0.1, -0.05) is 6.07 Å². The van der Waals surface area contributed by atoms with Gasteiger partial charge >= 0.3 is 35.5 Å². The van der Waals surface area contributed by atoms with Crippen LogP contribution < -0.4 is 0 Å². The maximum absolute atomic E-state index is 11.3. The quantitative estimate of drug-likeness (QED) is 0.528. The molecule has 0 amide bonds. The van der Waals surface area contributed by atoms with Crippen LogP contribution in [-0.2, 0) is 20.2 Å². The molecule has 11 heteroatoms. The van der Waals surface area contributed by atoms with Gasteiger partial charge in [-0.2, -0.15) is 16.8 Å². The average Bonchev–Trinajstić information content (AvgIpc) is 2.34. The Morgan fingerprint density at radius 1 is 0.909 bits per heavy atom. The molecule has 22 heavy (non-hydrogen) atoms. The predicted octanol–water partition coefficient (Wildman–Crippen LogP) is 0.383. The molecule has 0 saturated carbocycles. The molecule has 114 valence electrons. The second-order valence-electron chi connectivity index (χ2n) is 4.11. The summed E-state index contributed by atoms with van der Waals surface area (Å²) in [5.74, 6) is -1.30. The number of rotatable bonds is 3. The first-order valence-corrected chi connectivity index (χ1v) is 8.14. The molecule has 8 nitrogen and oxygen atoms in total. The Hall–Kier alpha value is -1.01. The summed E-state index contributed by atoms with van der Waals surface area (Å²) in [5.41, 5.74) is -0.212. The maximum atomic E-state index is 11.3. The van der Waals surface area contributed by atoms with E-state index in [4.69, 9.17) is 14.2 Å². The average molecular weight is 356 g/mol. The first kappa shape index (κ1) is 19.0. The van der Waals surface area contributed by atoms with Gasteiger partial charge in [0.2, 0.25) is 0 Å². The van der Waals surface area contributed by atoms with E-state index in [-0.39, 0.29) is 45.9 Å². The summed E-state index contributed by atoms with van der Waals surface area (Å²) < 4.78 is 63.0. The van der Waals surface area contributed by atoms with Gasteiger partial charge in [0, 0.05) is 5.39 Å². The van der Waals surface area contributed by atoms with E-state index < -0.39 is 36.0 Å². The van der Waals surface area contributed by atoms with E-state index in [0.717, 1.165) is 24.3 Å². The standard InChI is InChI=1S/C11H8O8S2.Na.H/c12-11(13)6-1-2-9-7(3-6)4-8(20(14,15)16)5-10(9)21(17,18)19;;/h1-5H,(H,12,13)(H,14,15,16)(H,17,18,19);;. The van der Waals surface area contributed by atoms with Gasteiger partial charge < -0.3 is 5.11 Å². The summed E-state index contributed by atoms with van der Waals surface area (Å²) >= 11 is 0. The summed E-state index contributed by atoms with van der Waals surface area (Å²) in [6.45, 7) is 0. The number of hydrogen-bond acceptors (Lipinski definition) is 5. The number of hydrogen-bond donors (Lipinski definition) is 3. The van der Waals surface area contributed by atoms with Crippen molar-refractivity contribution < 1.29 is 35.8 Å². The van der Waals surface area contributed by atoms with E-state index in [1.54, 1.807) is 0 Å². The van der Waals surface area contributed by atoms with Crippen molar-refractivity contribution in [3.05, 3.63) is 35.9 Å². The minimum atomic E-state index is -4.77. The molecule has 2 aromatic carbocycles. The van der Waals surface area contributed by atoms with Gasteiger partial charge in [-0.05, 0) is 29.7 Å². The topological polar surface area (TPSA) is 146 Å². The molecule has 0 saturated heterocycles.